The number of carbonyl (C=O) groups excluding carboxylic acids is 1. The quantitative estimate of drug-likeness (QED) is 0.0438. The van der Waals surface area contributed by atoms with Gasteiger partial charge in [0.2, 0.25) is 5.91 Å². The second-order valence-electron chi connectivity index (χ2n) is 15.5. The number of carbonyl (C=O) groups is 1. The average Bonchev–Trinajstić information content (AvgIpc) is 3.12. The monoisotopic (exact) mass is 704 g/mol. The summed E-state index contributed by atoms with van der Waals surface area (Å²) in [6.07, 6.45) is 54.8. The summed E-state index contributed by atoms with van der Waals surface area (Å²) in [5, 5.41) is 22.7. The standard InChI is InChI=1S/C46H89NO3/c1-3-5-7-9-11-12-13-14-15-16-17-18-19-20-21-22-23-24-25-26-27-28-29-30-31-32-33-34-36-38-40-42-46(50)47-44(43-48)45(49)41-39-37-35-10-8-6-4-2/h8,10,39,41,44-45,48-49H,3-7,9,11-38,40,42-43H2,1-2H3,(H,47,50)/b10-8+,41-39+. The van der Waals surface area contributed by atoms with Crippen molar-refractivity contribution in [1.82, 2.24) is 5.32 Å². The summed E-state index contributed by atoms with van der Waals surface area (Å²) in [5.74, 6) is -0.0746. The molecule has 0 spiro atoms. The zero-order valence-electron chi connectivity index (χ0n) is 33.9. The van der Waals surface area contributed by atoms with Crippen LogP contribution >= 0.6 is 0 Å². The number of allylic oxidation sites excluding steroid dienone is 3. The first-order valence-corrected chi connectivity index (χ1v) is 22.6. The zero-order chi connectivity index (χ0) is 36.4. The van der Waals surface area contributed by atoms with Crippen LogP contribution in [0.1, 0.15) is 245 Å². The summed E-state index contributed by atoms with van der Waals surface area (Å²) in [7, 11) is 0. The van der Waals surface area contributed by atoms with Gasteiger partial charge in [-0.1, -0.05) is 237 Å². The molecular weight excluding hydrogens is 615 g/mol. The second-order valence-corrected chi connectivity index (χ2v) is 15.5. The van der Waals surface area contributed by atoms with Crippen LogP contribution in [-0.4, -0.2) is 34.9 Å². The van der Waals surface area contributed by atoms with Crippen LogP contribution in [0.4, 0.5) is 0 Å². The fraction of sp³-hybridized carbons (Fsp3) is 0.891. The SMILES string of the molecule is CCC/C=C/CC/C=C/C(O)C(CO)NC(=O)CCCCCCCCCCCCCCCCCCCCCCCCCCCCCCCCC. The van der Waals surface area contributed by atoms with E-state index in [1.807, 2.05) is 6.08 Å². The van der Waals surface area contributed by atoms with Crippen LogP contribution in [0.3, 0.4) is 0 Å². The molecule has 0 aliphatic heterocycles. The van der Waals surface area contributed by atoms with Gasteiger partial charge in [-0.15, -0.1) is 0 Å². The van der Waals surface area contributed by atoms with Crippen molar-refractivity contribution in [2.75, 3.05) is 6.61 Å². The molecule has 0 aromatic rings. The van der Waals surface area contributed by atoms with E-state index in [2.05, 4.69) is 31.3 Å². The fourth-order valence-corrected chi connectivity index (χ4v) is 6.97. The van der Waals surface area contributed by atoms with Gasteiger partial charge in [-0.2, -0.15) is 0 Å². The molecule has 4 heteroatoms. The van der Waals surface area contributed by atoms with Crippen molar-refractivity contribution in [3.8, 4) is 0 Å². The Balaban J connectivity index is 3.34. The summed E-state index contributed by atoms with van der Waals surface area (Å²) < 4.78 is 0. The molecule has 0 saturated carbocycles. The molecule has 0 saturated heterocycles. The van der Waals surface area contributed by atoms with E-state index in [1.54, 1.807) is 6.08 Å². The molecule has 2 atom stereocenters. The van der Waals surface area contributed by atoms with Gasteiger partial charge in [0, 0.05) is 6.42 Å². The molecule has 1 amide bonds. The third kappa shape index (κ3) is 38.1. The van der Waals surface area contributed by atoms with Gasteiger partial charge in [0.05, 0.1) is 18.8 Å². The first kappa shape index (κ1) is 48.9. The zero-order valence-corrected chi connectivity index (χ0v) is 33.9. The molecule has 0 rings (SSSR count). The smallest absolute Gasteiger partial charge is 0.220 e. The summed E-state index contributed by atoms with van der Waals surface area (Å²) in [5.41, 5.74) is 0. The number of aliphatic hydroxyl groups excluding tert-OH is 2. The molecular formula is C46H89NO3. The Bertz CT molecular complexity index is 720. The van der Waals surface area contributed by atoms with E-state index in [9.17, 15) is 15.0 Å². The van der Waals surface area contributed by atoms with Crippen molar-refractivity contribution in [3.63, 3.8) is 0 Å². The molecule has 0 fully saturated rings. The minimum atomic E-state index is -0.855. The fourth-order valence-electron chi connectivity index (χ4n) is 6.97. The molecule has 50 heavy (non-hydrogen) atoms. The molecule has 0 heterocycles. The highest BCUT2D eigenvalue weighted by Gasteiger charge is 2.17. The van der Waals surface area contributed by atoms with Crippen molar-refractivity contribution < 1.29 is 15.0 Å². The minimum absolute atomic E-state index is 0.0746. The molecule has 0 aromatic heterocycles. The first-order valence-electron chi connectivity index (χ1n) is 22.6. The lowest BCUT2D eigenvalue weighted by Crippen LogP contribution is -2.45. The van der Waals surface area contributed by atoms with Crippen LogP contribution < -0.4 is 5.32 Å². The number of rotatable bonds is 41. The molecule has 3 N–H and O–H groups in total. The summed E-state index contributed by atoms with van der Waals surface area (Å²) in [6, 6.07) is -0.632. The molecule has 4 nitrogen and oxygen atoms in total. The van der Waals surface area contributed by atoms with E-state index in [0.717, 1.165) is 38.5 Å². The number of hydrogen-bond acceptors (Lipinski definition) is 3. The highest BCUT2D eigenvalue weighted by atomic mass is 16.3. The van der Waals surface area contributed by atoms with Crippen molar-refractivity contribution in [1.29, 1.82) is 0 Å². The number of aliphatic hydroxyl groups is 2. The summed E-state index contributed by atoms with van der Waals surface area (Å²) in [4.78, 5) is 12.3. The van der Waals surface area contributed by atoms with Crippen LogP contribution in [-0.2, 0) is 4.79 Å². The normalized spacial score (nSPS) is 13.1. The lowest BCUT2D eigenvalue weighted by molar-refractivity contribution is -0.123. The Morgan fingerprint density at radius 3 is 1.12 bits per heavy atom. The Kier molecular flexibility index (Phi) is 41.3. The maximum absolute atomic E-state index is 12.3. The predicted octanol–water partition coefficient (Wildman–Crippen LogP) is 14.0. The Hall–Kier alpha value is -1.13. The van der Waals surface area contributed by atoms with Crippen LogP contribution in [0.5, 0.6) is 0 Å². The molecule has 0 aromatic carbocycles. The van der Waals surface area contributed by atoms with E-state index < -0.39 is 12.1 Å². The Morgan fingerprint density at radius 2 is 0.780 bits per heavy atom. The van der Waals surface area contributed by atoms with Gasteiger partial charge in [-0.05, 0) is 25.7 Å². The number of nitrogens with one attached hydrogen (secondary N) is 1. The van der Waals surface area contributed by atoms with Crippen LogP contribution in [0.15, 0.2) is 24.3 Å². The number of unbranched alkanes of at least 4 members (excludes halogenated alkanes) is 32. The Morgan fingerprint density at radius 1 is 0.460 bits per heavy atom. The summed E-state index contributed by atoms with van der Waals surface area (Å²) in [6.45, 7) is 4.21. The predicted molar refractivity (Wildman–Crippen MR) is 221 cm³/mol. The molecule has 0 aliphatic carbocycles. The number of hydrogen-bond donors (Lipinski definition) is 3. The van der Waals surface area contributed by atoms with E-state index in [4.69, 9.17) is 0 Å². The third-order valence-corrected chi connectivity index (χ3v) is 10.4. The topological polar surface area (TPSA) is 69.6 Å². The van der Waals surface area contributed by atoms with Gasteiger partial charge in [0.15, 0.2) is 0 Å². The van der Waals surface area contributed by atoms with E-state index in [1.165, 1.54) is 186 Å². The van der Waals surface area contributed by atoms with E-state index in [0.29, 0.717) is 6.42 Å². The van der Waals surface area contributed by atoms with Crippen LogP contribution in [0, 0.1) is 0 Å². The number of amides is 1. The Labute approximate surface area is 313 Å². The second kappa shape index (κ2) is 42.3. The molecule has 0 radical (unpaired) electrons. The van der Waals surface area contributed by atoms with Gasteiger partial charge in [0.1, 0.15) is 0 Å². The van der Waals surface area contributed by atoms with Crippen LogP contribution in [0.2, 0.25) is 0 Å². The summed E-state index contributed by atoms with van der Waals surface area (Å²) >= 11 is 0. The van der Waals surface area contributed by atoms with Gasteiger partial charge in [-0.25, -0.2) is 0 Å². The molecule has 0 aliphatic rings. The highest BCUT2D eigenvalue weighted by molar-refractivity contribution is 5.76. The molecule has 2 unspecified atom stereocenters. The lowest BCUT2D eigenvalue weighted by Gasteiger charge is -2.19. The van der Waals surface area contributed by atoms with Crippen molar-refractivity contribution in [2.24, 2.45) is 0 Å². The van der Waals surface area contributed by atoms with Crippen molar-refractivity contribution in [3.05, 3.63) is 24.3 Å². The van der Waals surface area contributed by atoms with Crippen molar-refractivity contribution in [2.45, 2.75) is 257 Å². The lowest BCUT2D eigenvalue weighted by atomic mass is 10.0. The van der Waals surface area contributed by atoms with E-state index >= 15 is 0 Å². The van der Waals surface area contributed by atoms with Gasteiger partial charge in [0.25, 0.3) is 0 Å². The third-order valence-electron chi connectivity index (χ3n) is 10.4. The first-order chi connectivity index (χ1) is 24.7. The van der Waals surface area contributed by atoms with Gasteiger partial charge in [-0.3, -0.25) is 4.79 Å². The maximum Gasteiger partial charge on any atom is 0.220 e. The van der Waals surface area contributed by atoms with E-state index in [-0.39, 0.29) is 12.5 Å². The maximum atomic E-state index is 12.3. The van der Waals surface area contributed by atoms with Gasteiger partial charge >= 0.3 is 0 Å². The van der Waals surface area contributed by atoms with Crippen LogP contribution in [0.25, 0.3) is 0 Å². The average molecular weight is 704 g/mol. The van der Waals surface area contributed by atoms with Gasteiger partial charge < -0.3 is 15.5 Å². The highest BCUT2D eigenvalue weighted by Crippen LogP contribution is 2.17. The minimum Gasteiger partial charge on any atom is -0.394 e. The molecule has 296 valence electrons. The molecule has 0 bridgehead atoms. The van der Waals surface area contributed by atoms with Crippen molar-refractivity contribution >= 4 is 5.91 Å². The largest absolute Gasteiger partial charge is 0.394 e.